The predicted molar refractivity (Wildman–Crippen MR) is 85.6 cm³/mol. The largest absolute Gasteiger partial charge is 0.345 e. The van der Waals surface area contributed by atoms with Crippen molar-refractivity contribution in [3.05, 3.63) is 65.5 Å². The van der Waals surface area contributed by atoms with Crippen LogP contribution < -0.4 is 0 Å². The van der Waals surface area contributed by atoms with Crippen LogP contribution in [0.4, 0.5) is 0 Å². The van der Waals surface area contributed by atoms with Crippen LogP contribution in [0.2, 0.25) is 0 Å². The Labute approximate surface area is 128 Å². The zero-order chi connectivity index (χ0) is 15.1. The first-order valence-corrected chi connectivity index (χ1v) is 7.53. The van der Waals surface area contributed by atoms with Gasteiger partial charge in [-0.3, -0.25) is 4.79 Å². The fourth-order valence-corrected chi connectivity index (χ4v) is 3.19. The fourth-order valence-electron chi connectivity index (χ4n) is 3.19. The van der Waals surface area contributed by atoms with Gasteiger partial charge in [-0.15, -0.1) is 0 Å². The van der Waals surface area contributed by atoms with Crippen LogP contribution in [0, 0.1) is 0 Å². The quantitative estimate of drug-likeness (QED) is 0.748. The van der Waals surface area contributed by atoms with Crippen molar-refractivity contribution in [2.24, 2.45) is 0 Å². The lowest BCUT2D eigenvalue weighted by molar-refractivity contribution is 0.0658. The van der Waals surface area contributed by atoms with Crippen molar-refractivity contribution in [3.8, 4) is 0 Å². The summed E-state index contributed by atoms with van der Waals surface area (Å²) in [7, 11) is 0. The molecule has 0 spiro atoms. The van der Waals surface area contributed by atoms with E-state index in [4.69, 9.17) is 0 Å². The minimum Gasteiger partial charge on any atom is -0.345 e. The zero-order valence-corrected chi connectivity index (χ0v) is 12.4. The van der Waals surface area contributed by atoms with Crippen LogP contribution in [-0.4, -0.2) is 26.8 Å². The highest BCUT2D eigenvalue weighted by atomic mass is 16.2. The molecule has 0 saturated heterocycles. The number of hydrogen-bond donors (Lipinski definition) is 1. The molecule has 4 nitrogen and oxygen atoms in total. The van der Waals surface area contributed by atoms with E-state index in [9.17, 15) is 4.79 Å². The van der Waals surface area contributed by atoms with Gasteiger partial charge in [-0.1, -0.05) is 24.3 Å². The topological polar surface area (TPSA) is 49.0 Å². The van der Waals surface area contributed by atoms with Crippen LogP contribution in [0.5, 0.6) is 0 Å². The van der Waals surface area contributed by atoms with Gasteiger partial charge in [0, 0.05) is 18.2 Å². The number of hydrogen-bond acceptors (Lipinski definition) is 2. The smallest absolute Gasteiger partial charge is 0.254 e. The number of aromatic nitrogens is 2. The molecule has 0 aliphatic carbocycles. The molecule has 1 unspecified atom stereocenters. The van der Waals surface area contributed by atoms with Gasteiger partial charge in [-0.05, 0) is 42.7 Å². The van der Waals surface area contributed by atoms with E-state index in [2.05, 4.69) is 35.1 Å². The summed E-state index contributed by atoms with van der Waals surface area (Å²) in [5.41, 5.74) is 5.09. The molecule has 1 aromatic heterocycles. The molecule has 4 heteroatoms. The number of H-pyrrole nitrogens is 1. The first-order valence-electron chi connectivity index (χ1n) is 7.53. The summed E-state index contributed by atoms with van der Waals surface area (Å²) in [6.45, 7) is 2.79. The van der Waals surface area contributed by atoms with Crippen molar-refractivity contribution >= 4 is 16.9 Å². The minimum atomic E-state index is 0.0819. The Kier molecular flexibility index (Phi) is 2.96. The fraction of sp³-hybridized carbons (Fsp3) is 0.222. The molecule has 1 aliphatic rings. The number of nitrogens with zero attached hydrogens (tertiary/aromatic N) is 2. The zero-order valence-electron chi connectivity index (χ0n) is 12.4. The highest BCUT2D eigenvalue weighted by molar-refractivity contribution is 5.97. The summed E-state index contributed by atoms with van der Waals surface area (Å²) in [5.74, 6) is 0.0819. The third-order valence-electron chi connectivity index (χ3n) is 4.43. The maximum absolute atomic E-state index is 12.9. The number of fused-ring (bicyclic) bond motifs is 2. The maximum atomic E-state index is 12.9. The van der Waals surface area contributed by atoms with E-state index in [1.165, 1.54) is 11.1 Å². The third-order valence-corrected chi connectivity index (χ3v) is 4.43. The van der Waals surface area contributed by atoms with Gasteiger partial charge in [0.05, 0.1) is 17.4 Å². The first-order chi connectivity index (χ1) is 10.7. The van der Waals surface area contributed by atoms with Gasteiger partial charge < -0.3 is 9.88 Å². The van der Waals surface area contributed by atoms with E-state index in [1.54, 1.807) is 6.33 Å². The summed E-state index contributed by atoms with van der Waals surface area (Å²) >= 11 is 0. The van der Waals surface area contributed by atoms with Crippen LogP contribution >= 0.6 is 0 Å². The SMILES string of the molecule is CC1Cc2ccccc2CN1C(=O)c1ccc2nc[nH]c2c1. The van der Waals surface area contributed by atoms with Crippen LogP contribution in [0.25, 0.3) is 11.0 Å². The first kappa shape index (κ1) is 13.1. The minimum absolute atomic E-state index is 0.0819. The molecule has 3 aromatic rings. The van der Waals surface area contributed by atoms with Crippen molar-refractivity contribution in [3.63, 3.8) is 0 Å². The summed E-state index contributed by atoms with van der Waals surface area (Å²) in [6.07, 6.45) is 2.56. The van der Waals surface area contributed by atoms with Crippen LogP contribution in [0.15, 0.2) is 48.8 Å². The van der Waals surface area contributed by atoms with Crippen molar-refractivity contribution < 1.29 is 4.79 Å². The Bertz CT molecular complexity index is 852. The average molecular weight is 291 g/mol. The van der Waals surface area contributed by atoms with E-state index in [-0.39, 0.29) is 11.9 Å². The number of imidazole rings is 1. The Balaban J connectivity index is 1.67. The standard InChI is InChI=1S/C18H17N3O/c1-12-8-13-4-2-3-5-15(13)10-21(12)18(22)14-6-7-16-17(9-14)20-11-19-16/h2-7,9,11-12H,8,10H2,1H3,(H,19,20). The number of amides is 1. The number of benzene rings is 2. The van der Waals surface area contributed by atoms with Crippen molar-refractivity contribution in [1.82, 2.24) is 14.9 Å². The number of rotatable bonds is 1. The van der Waals surface area contributed by atoms with E-state index in [0.717, 1.165) is 17.5 Å². The molecule has 2 heterocycles. The van der Waals surface area contributed by atoms with Gasteiger partial charge in [-0.2, -0.15) is 0 Å². The van der Waals surface area contributed by atoms with E-state index in [0.29, 0.717) is 12.1 Å². The highest BCUT2D eigenvalue weighted by Gasteiger charge is 2.27. The average Bonchev–Trinajstić information content (AvgIpc) is 3.01. The Morgan fingerprint density at radius 2 is 2.05 bits per heavy atom. The van der Waals surface area contributed by atoms with Crippen molar-refractivity contribution in [1.29, 1.82) is 0 Å². The number of carbonyl (C=O) groups is 1. The molecular formula is C18H17N3O. The molecule has 0 radical (unpaired) electrons. The predicted octanol–water partition coefficient (Wildman–Crippen LogP) is 3.15. The number of aromatic amines is 1. The molecule has 0 fully saturated rings. The van der Waals surface area contributed by atoms with Crippen LogP contribution in [-0.2, 0) is 13.0 Å². The van der Waals surface area contributed by atoms with E-state index >= 15 is 0 Å². The molecule has 0 saturated carbocycles. The number of nitrogens with one attached hydrogen (secondary N) is 1. The molecule has 1 N–H and O–H groups in total. The molecule has 1 amide bonds. The second-order valence-electron chi connectivity index (χ2n) is 5.89. The lowest BCUT2D eigenvalue weighted by atomic mass is 9.94. The summed E-state index contributed by atoms with van der Waals surface area (Å²) in [5, 5.41) is 0. The lowest BCUT2D eigenvalue weighted by Gasteiger charge is -2.35. The van der Waals surface area contributed by atoms with Crippen LogP contribution in [0.3, 0.4) is 0 Å². The summed E-state index contributed by atoms with van der Waals surface area (Å²) in [4.78, 5) is 22.1. The maximum Gasteiger partial charge on any atom is 0.254 e. The van der Waals surface area contributed by atoms with E-state index < -0.39 is 0 Å². The molecule has 1 aliphatic heterocycles. The van der Waals surface area contributed by atoms with Gasteiger partial charge in [0.2, 0.25) is 0 Å². The van der Waals surface area contributed by atoms with Crippen molar-refractivity contribution in [2.75, 3.05) is 0 Å². The molecule has 0 bridgehead atoms. The van der Waals surface area contributed by atoms with Crippen molar-refractivity contribution in [2.45, 2.75) is 25.9 Å². The van der Waals surface area contributed by atoms with E-state index in [1.807, 2.05) is 29.2 Å². The molecule has 1 atom stereocenters. The Morgan fingerprint density at radius 3 is 2.91 bits per heavy atom. The molecule has 22 heavy (non-hydrogen) atoms. The molecule has 2 aromatic carbocycles. The normalized spacial score (nSPS) is 17.5. The van der Waals surface area contributed by atoms with Gasteiger partial charge in [0.1, 0.15) is 0 Å². The van der Waals surface area contributed by atoms with Gasteiger partial charge in [-0.25, -0.2) is 4.98 Å². The second kappa shape index (κ2) is 4.98. The van der Waals surface area contributed by atoms with Gasteiger partial charge in [0.25, 0.3) is 5.91 Å². The molecule has 110 valence electrons. The van der Waals surface area contributed by atoms with Crippen LogP contribution in [0.1, 0.15) is 28.4 Å². The highest BCUT2D eigenvalue weighted by Crippen LogP contribution is 2.25. The Morgan fingerprint density at radius 1 is 1.23 bits per heavy atom. The van der Waals surface area contributed by atoms with Gasteiger partial charge in [0.15, 0.2) is 0 Å². The monoisotopic (exact) mass is 291 g/mol. The Hall–Kier alpha value is -2.62. The third kappa shape index (κ3) is 2.08. The molecule has 4 rings (SSSR count). The molecular weight excluding hydrogens is 274 g/mol. The summed E-state index contributed by atoms with van der Waals surface area (Å²) in [6, 6.07) is 14.2. The second-order valence-corrected chi connectivity index (χ2v) is 5.89. The number of carbonyl (C=O) groups excluding carboxylic acids is 1. The lowest BCUT2D eigenvalue weighted by Crippen LogP contribution is -2.42. The van der Waals surface area contributed by atoms with Gasteiger partial charge >= 0.3 is 0 Å². The summed E-state index contributed by atoms with van der Waals surface area (Å²) < 4.78 is 0.